The fraction of sp³-hybridized carbons (Fsp3) is 0.476. The monoisotopic (exact) mass is 498 g/mol. The van der Waals surface area contributed by atoms with E-state index in [4.69, 9.17) is 9.15 Å². The molecule has 7 heteroatoms. The number of aryl methyl sites for hydroxylation is 1. The molecular weight excluding hydrogens is 467 g/mol. The maximum atomic E-state index is 5.93. The van der Waals surface area contributed by atoms with Crippen molar-refractivity contribution in [2.24, 2.45) is 4.99 Å². The molecule has 2 N–H and O–H groups in total. The van der Waals surface area contributed by atoms with Gasteiger partial charge in [-0.05, 0) is 51.1 Å². The van der Waals surface area contributed by atoms with Crippen LogP contribution in [0.2, 0.25) is 0 Å². The summed E-state index contributed by atoms with van der Waals surface area (Å²) in [5.74, 6) is 3.62. The fourth-order valence-electron chi connectivity index (χ4n) is 3.54. The van der Waals surface area contributed by atoms with Crippen molar-refractivity contribution in [3.05, 3.63) is 53.5 Å². The zero-order valence-corrected chi connectivity index (χ0v) is 19.2. The first kappa shape index (κ1) is 22.5. The van der Waals surface area contributed by atoms with Crippen molar-refractivity contribution < 1.29 is 9.15 Å². The highest BCUT2D eigenvalue weighted by atomic mass is 127. The summed E-state index contributed by atoms with van der Waals surface area (Å²) in [4.78, 5) is 6.85. The number of likely N-dealkylation sites (tertiary alicyclic amines) is 1. The van der Waals surface area contributed by atoms with E-state index in [0.29, 0.717) is 6.54 Å². The van der Waals surface area contributed by atoms with Gasteiger partial charge >= 0.3 is 0 Å². The van der Waals surface area contributed by atoms with Crippen LogP contribution in [0.25, 0.3) is 0 Å². The molecule has 1 saturated heterocycles. The Hall–Kier alpha value is -1.74. The SMILES string of the molecule is CN=C(NCc1ccccc1OC)NCC(c1ccc(C)o1)N1CCCC1.I. The summed E-state index contributed by atoms with van der Waals surface area (Å²) in [6.45, 7) is 5.61. The molecule has 2 heterocycles. The van der Waals surface area contributed by atoms with Crippen LogP contribution >= 0.6 is 24.0 Å². The van der Waals surface area contributed by atoms with E-state index in [-0.39, 0.29) is 30.0 Å². The van der Waals surface area contributed by atoms with Crippen molar-refractivity contribution in [1.29, 1.82) is 0 Å². The molecule has 1 unspecified atom stereocenters. The van der Waals surface area contributed by atoms with Crippen LogP contribution in [0, 0.1) is 6.92 Å². The second kappa shape index (κ2) is 11.3. The van der Waals surface area contributed by atoms with Crippen LogP contribution in [-0.2, 0) is 6.54 Å². The van der Waals surface area contributed by atoms with E-state index in [0.717, 1.165) is 48.4 Å². The lowest BCUT2D eigenvalue weighted by atomic mass is 10.2. The van der Waals surface area contributed by atoms with Crippen LogP contribution in [0.5, 0.6) is 5.75 Å². The standard InChI is InChI=1S/C21H30N4O2.HI/c1-16-10-11-20(27-16)18(25-12-6-7-13-25)15-24-21(22-2)23-14-17-8-4-5-9-19(17)26-3;/h4-5,8-11,18H,6-7,12-15H2,1-3H3,(H2,22,23,24);1H. The van der Waals surface area contributed by atoms with Gasteiger partial charge in [-0.15, -0.1) is 24.0 Å². The minimum absolute atomic E-state index is 0. The average molecular weight is 498 g/mol. The molecule has 0 bridgehead atoms. The molecule has 0 aliphatic carbocycles. The number of nitrogens with one attached hydrogen (secondary N) is 2. The predicted molar refractivity (Wildman–Crippen MR) is 124 cm³/mol. The lowest BCUT2D eigenvalue weighted by molar-refractivity contribution is 0.213. The summed E-state index contributed by atoms with van der Waals surface area (Å²) in [5, 5.41) is 6.83. The van der Waals surface area contributed by atoms with Crippen LogP contribution in [0.3, 0.4) is 0 Å². The first-order chi connectivity index (χ1) is 13.2. The molecule has 1 atom stereocenters. The molecule has 0 amide bonds. The van der Waals surface area contributed by atoms with Crippen molar-refractivity contribution in [2.45, 2.75) is 32.4 Å². The van der Waals surface area contributed by atoms with Gasteiger partial charge in [0.25, 0.3) is 0 Å². The molecule has 3 rings (SSSR count). The van der Waals surface area contributed by atoms with Crippen molar-refractivity contribution >= 4 is 29.9 Å². The largest absolute Gasteiger partial charge is 0.496 e. The number of hydrogen-bond acceptors (Lipinski definition) is 4. The zero-order chi connectivity index (χ0) is 19.1. The van der Waals surface area contributed by atoms with Gasteiger partial charge < -0.3 is 19.8 Å². The van der Waals surface area contributed by atoms with Crippen LogP contribution in [-0.4, -0.2) is 44.7 Å². The first-order valence-electron chi connectivity index (χ1n) is 9.58. The predicted octanol–water partition coefficient (Wildman–Crippen LogP) is 3.72. The highest BCUT2D eigenvalue weighted by Gasteiger charge is 2.26. The second-order valence-electron chi connectivity index (χ2n) is 6.83. The van der Waals surface area contributed by atoms with Gasteiger partial charge in [0.2, 0.25) is 0 Å². The molecular formula is C21H31IN4O2. The van der Waals surface area contributed by atoms with Crippen molar-refractivity contribution in [1.82, 2.24) is 15.5 Å². The zero-order valence-electron chi connectivity index (χ0n) is 16.9. The molecule has 1 aromatic heterocycles. The summed E-state index contributed by atoms with van der Waals surface area (Å²) in [6, 6.07) is 12.3. The summed E-state index contributed by atoms with van der Waals surface area (Å²) >= 11 is 0. The number of ether oxygens (including phenoxy) is 1. The fourth-order valence-corrected chi connectivity index (χ4v) is 3.54. The van der Waals surface area contributed by atoms with Crippen molar-refractivity contribution in [3.63, 3.8) is 0 Å². The van der Waals surface area contributed by atoms with Crippen LogP contribution in [0.15, 0.2) is 45.8 Å². The third-order valence-electron chi connectivity index (χ3n) is 5.00. The molecule has 6 nitrogen and oxygen atoms in total. The van der Waals surface area contributed by atoms with Crippen molar-refractivity contribution in [2.75, 3.05) is 33.8 Å². The maximum absolute atomic E-state index is 5.93. The Morgan fingerprint density at radius 3 is 2.57 bits per heavy atom. The third-order valence-corrected chi connectivity index (χ3v) is 5.00. The molecule has 1 aromatic carbocycles. The smallest absolute Gasteiger partial charge is 0.191 e. The van der Waals surface area contributed by atoms with E-state index < -0.39 is 0 Å². The number of nitrogens with zero attached hydrogens (tertiary/aromatic N) is 2. The summed E-state index contributed by atoms with van der Waals surface area (Å²) < 4.78 is 11.3. The van der Waals surface area contributed by atoms with E-state index in [1.807, 2.05) is 31.2 Å². The number of para-hydroxylation sites is 1. The quantitative estimate of drug-likeness (QED) is 0.346. The molecule has 28 heavy (non-hydrogen) atoms. The second-order valence-corrected chi connectivity index (χ2v) is 6.83. The molecule has 2 aromatic rings. The Morgan fingerprint density at radius 1 is 1.18 bits per heavy atom. The normalized spacial score (nSPS) is 15.8. The minimum atomic E-state index is 0. The average Bonchev–Trinajstić information content (AvgIpc) is 3.37. The highest BCUT2D eigenvalue weighted by molar-refractivity contribution is 14.0. The first-order valence-corrected chi connectivity index (χ1v) is 9.58. The minimum Gasteiger partial charge on any atom is -0.496 e. The highest BCUT2D eigenvalue weighted by Crippen LogP contribution is 2.26. The van der Waals surface area contributed by atoms with Gasteiger partial charge in [-0.25, -0.2) is 0 Å². The van der Waals surface area contributed by atoms with Gasteiger partial charge in [0.1, 0.15) is 17.3 Å². The number of guanidine groups is 1. The van der Waals surface area contributed by atoms with Crippen LogP contribution in [0.4, 0.5) is 0 Å². The molecule has 0 spiro atoms. The molecule has 1 fully saturated rings. The Morgan fingerprint density at radius 2 is 1.93 bits per heavy atom. The maximum Gasteiger partial charge on any atom is 0.191 e. The Kier molecular flexibility index (Phi) is 9.11. The number of halogens is 1. The Labute approximate surface area is 184 Å². The van der Waals surface area contributed by atoms with E-state index in [9.17, 15) is 0 Å². The molecule has 0 saturated carbocycles. The van der Waals surface area contributed by atoms with Gasteiger partial charge in [0.05, 0.1) is 13.2 Å². The lowest BCUT2D eigenvalue weighted by Crippen LogP contribution is -2.42. The number of aliphatic imine (C=N–C) groups is 1. The van der Waals surface area contributed by atoms with E-state index in [2.05, 4.69) is 32.7 Å². The molecule has 1 aliphatic rings. The van der Waals surface area contributed by atoms with Crippen LogP contribution in [0.1, 0.15) is 36.0 Å². The summed E-state index contributed by atoms with van der Waals surface area (Å²) in [7, 11) is 3.48. The van der Waals surface area contributed by atoms with Gasteiger partial charge in [0.15, 0.2) is 5.96 Å². The Balaban J connectivity index is 0.00000280. The third kappa shape index (κ3) is 5.88. The van der Waals surface area contributed by atoms with Gasteiger partial charge in [-0.1, -0.05) is 18.2 Å². The van der Waals surface area contributed by atoms with E-state index in [1.165, 1.54) is 12.8 Å². The van der Waals surface area contributed by atoms with Gasteiger partial charge in [-0.3, -0.25) is 9.89 Å². The van der Waals surface area contributed by atoms with Gasteiger partial charge in [0, 0.05) is 25.7 Å². The molecule has 1 aliphatic heterocycles. The Bertz CT molecular complexity index is 756. The molecule has 0 radical (unpaired) electrons. The molecule has 154 valence electrons. The number of rotatable bonds is 7. The van der Waals surface area contributed by atoms with E-state index in [1.54, 1.807) is 14.2 Å². The van der Waals surface area contributed by atoms with E-state index >= 15 is 0 Å². The van der Waals surface area contributed by atoms with Crippen molar-refractivity contribution in [3.8, 4) is 5.75 Å². The summed E-state index contributed by atoms with van der Waals surface area (Å²) in [6.07, 6.45) is 2.49. The number of benzene rings is 1. The lowest BCUT2D eigenvalue weighted by Gasteiger charge is -2.27. The summed E-state index contributed by atoms with van der Waals surface area (Å²) in [5.41, 5.74) is 1.10. The number of furan rings is 1. The topological polar surface area (TPSA) is 62.0 Å². The number of hydrogen-bond donors (Lipinski definition) is 2. The number of methoxy groups -OCH3 is 1. The van der Waals surface area contributed by atoms with Crippen LogP contribution < -0.4 is 15.4 Å². The van der Waals surface area contributed by atoms with Gasteiger partial charge in [-0.2, -0.15) is 0 Å².